The Balaban J connectivity index is 1.58. The number of amides is 1. The van der Waals surface area contributed by atoms with E-state index in [0.717, 1.165) is 17.0 Å². The van der Waals surface area contributed by atoms with Gasteiger partial charge in [0.1, 0.15) is 5.75 Å². The van der Waals surface area contributed by atoms with Crippen LogP contribution in [-0.2, 0) is 14.8 Å². The second-order valence-corrected chi connectivity index (χ2v) is 11.5. The fourth-order valence-electron chi connectivity index (χ4n) is 3.17. The molecule has 2 aromatic carbocycles. The molecule has 2 N–H and O–H groups in total. The molecule has 0 saturated carbocycles. The minimum Gasteiger partial charge on any atom is -0.494 e. The summed E-state index contributed by atoms with van der Waals surface area (Å²) >= 11 is 2.60. The van der Waals surface area contributed by atoms with Crippen molar-refractivity contribution in [3.63, 3.8) is 0 Å². The SMILES string of the molecule is CCOc1ccc(Nc2nnc(SCC(=O)Nc3cc(S(=O)(=O)N(CC)CC)ccc3C)s2)cc1. The number of carbonyl (C=O) groups excluding carboxylic acids is 1. The molecule has 0 fully saturated rings. The number of aryl methyl sites for hydroxylation is 1. The lowest BCUT2D eigenvalue weighted by atomic mass is 10.2. The van der Waals surface area contributed by atoms with Gasteiger partial charge in [-0.1, -0.05) is 43.0 Å². The van der Waals surface area contributed by atoms with Crippen molar-refractivity contribution >= 4 is 55.5 Å². The number of carbonyl (C=O) groups is 1. The Morgan fingerprint density at radius 3 is 2.46 bits per heavy atom. The molecule has 0 aliphatic carbocycles. The van der Waals surface area contributed by atoms with E-state index in [1.54, 1.807) is 26.0 Å². The maximum atomic E-state index is 12.8. The second-order valence-electron chi connectivity index (χ2n) is 7.36. The van der Waals surface area contributed by atoms with Gasteiger partial charge in [0.15, 0.2) is 4.34 Å². The highest BCUT2D eigenvalue weighted by Gasteiger charge is 2.22. The summed E-state index contributed by atoms with van der Waals surface area (Å²) in [5.74, 6) is 0.653. The third kappa shape index (κ3) is 7.17. The number of sulfonamides is 1. The summed E-state index contributed by atoms with van der Waals surface area (Å²) in [5.41, 5.74) is 2.10. The quantitative estimate of drug-likeness (QED) is 0.320. The average Bonchev–Trinajstić information content (AvgIpc) is 3.28. The van der Waals surface area contributed by atoms with Gasteiger partial charge in [0.05, 0.1) is 17.3 Å². The minimum atomic E-state index is -3.61. The van der Waals surface area contributed by atoms with E-state index < -0.39 is 10.0 Å². The summed E-state index contributed by atoms with van der Waals surface area (Å²) in [6.07, 6.45) is 0. The van der Waals surface area contributed by atoms with Crippen molar-refractivity contribution in [2.45, 2.75) is 36.9 Å². The van der Waals surface area contributed by atoms with Gasteiger partial charge in [-0.15, -0.1) is 10.2 Å². The van der Waals surface area contributed by atoms with Crippen molar-refractivity contribution in [3.05, 3.63) is 48.0 Å². The van der Waals surface area contributed by atoms with Crippen LogP contribution in [0.25, 0.3) is 0 Å². The van der Waals surface area contributed by atoms with Gasteiger partial charge in [0, 0.05) is 24.5 Å². The Morgan fingerprint density at radius 1 is 1.09 bits per heavy atom. The molecule has 3 aromatic rings. The van der Waals surface area contributed by atoms with Gasteiger partial charge in [-0.2, -0.15) is 4.31 Å². The molecule has 0 aliphatic heterocycles. The zero-order valence-electron chi connectivity index (χ0n) is 20.1. The first-order valence-electron chi connectivity index (χ1n) is 11.1. The summed E-state index contributed by atoms with van der Waals surface area (Å²) in [7, 11) is -3.61. The molecule has 188 valence electrons. The lowest BCUT2D eigenvalue weighted by Crippen LogP contribution is -2.30. The molecule has 0 saturated heterocycles. The maximum absolute atomic E-state index is 12.8. The zero-order valence-corrected chi connectivity index (χ0v) is 22.5. The normalized spacial score (nSPS) is 11.5. The van der Waals surface area contributed by atoms with Crippen molar-refractivity contribution in [2.24, 2.45) is 0 Å². The van der Waals surface area contributed by atoms with Gasteiger partial charge in [0.25, 0.3) is 0 Å². The van der Waals surface area contributed by atoms with Crippen LogP contribution in [0.5, 0.6) is 5.75 Å². The van der Waals surface area contributed by atoms with Crippen LogP contribution in [0.4, 0.5) is 16.5 Å². The number of nitrogens with one attached hydrogen (secondary N) is 2. The first kappa shape index (κ1) is 26.9. The molecule has 1 aromatic heterocycles. The van der Waals surface area contributed by atoms with Crippen molar-refractivity contribution in [3.8, 4) is 5.75 Å². The van der Waals surface area contributed by atoms with Crippen molar-refractivity contribution in [2.75, 3.05) is 36.1 Å². The fraction of sp³-hybridized carbons (Fsp3) is 0.348. The van der Waals surface area contributed by atoms with Crippen LogP contribution >= 0.6 is 23.1 Å². The highest BCUT2D eigenvalue weighted by atomic mass is 32.2. The number of thioether (sulfide) groups is 1. The van der Waals surface area contributed by atoms with Gasteiger partial charge < -0.3 is 15.4 Å². The molecule has 9 nitrogen and oxygen atoms in total. The molecular weight excluding hydrogens is 506 g/mol. The minimum absolute atomic E-state index is 0.115. The molecule has 0 radical (unpaired) electrons. The van der Waals surface area contributed by atoms with Crippen LogP contribution in [0.1, 0.15) is 26.3 Å². The van der Waals surface area contributed by atoms with Crippen LogP contribution in [0, 0.1) is 6.92 Å². The summed E-state index contributed by atoms with van der Waals surface area (Å²) < 4.78 is 33.1. The first-order valence-corrected chi connectivity index (χ1v) is 14.4. The van der Waals surface area contributed by atoms with Crippen molar-refractivity contribution in [1.82, 2.24) is 14.5 Å². The number of hydrogen-bond acceptors (Lipinski definition) is 9. The van der Waals surface area contributed by atoms with E-state index in [9.17, 15) is 13.2 Å². The van der Waals surface area contributed by atoms with Crippen molar-refractivity contribution < 1.29 is 17.9 Å². The summed E-state index contributed by atoms with van der Waals surface area (Å²) in [6, 6.07) is 12.3. The summed E-state index contributed by atoms with van der Waals surface area (Å²) in [5, 5.41) is 14.9. The van der Waals surface area contributed by atoms with Gasteiger partial charge in [-0.05, 0) is 55.8 Å². The third-order valence-electron chi connectivity index (χ3n) is 4.98. The molecular formula is C23H29N5O4S3. The summed E-state index contributed by atoms with van der Waals surface area (Å²) in [6.45, 7) is 8.70. The standard InChI is InChI=1S/C23H29N5O4S3/c1-5-28(6-2)35(30,31)19-13-8-16(4)20(14-19)25-21(29)15-33-23-27-26-22(34-23)24-17-9-11-18(12-10-17)32-7-3/h8-14H,5-7,15H2,1-4H3,(H,24,26)(H,25,29). The Kier molecular flexibility index (Phi) is 9.49. The highest BCUT2D eigenvalue weighted by Crippen LogP contribution is 2.29. The van der Waals surface area contributed by atoms with E-state index in [2.05, 4.69) is 20.8 Å². The molecule has 1 amide bonds. The molecule has 12 heteroatoms. The van der Waals surface area contributed by atoms with Gasteiger partial charge in [-0.3, -0.25) is 4.79 Å². The first-order chi connectivity index (χ1) is 16.8. The number of aromatic nitrogens is 2. The number of rotatable bonds is 12. The lowest BCUT2D eigenvalue weighted by Gasteiger charge is -2.19. The molecule has 35 heavy (non-hydrogen) atoms. The largest absolute Gasteiger partial charge is 0.494 e. The average molecular weight is 536 g/mol. The van der Waals surface area contributed by atoms with E-state index in [0.29, 0.717) is 34.9 Å². The topological polar surface area (TPSA) is 114 Å². The number of anilines is 3. The second kappa shape index (κ2) is 12.3. The van der Waals surface area contributed by atoms with Crippen LogP contribution in [-0.4, -0.2) is 54.3 Å². The molecule has 0 spiro atoms. The molecule has 0 unspecified atom stereocenters. The van der Waals surface area contributed by atoms with Crippen LogP contribution in [0.2, 0.25) is 0 Å². The van der Waals surface area contributed by atoms with Crippen LogP contribution in [0.3, 0.4) is 0 Å². The van der Waals surface area contributed by atoms with Gasteiger partial charge in [-0.25, -0.2) is 8.42 Å². The van der Waals surface area contributed by atoms with E-state index in [1.807, 2.05) is 38.1 Å². The van der Waals surface area contributed by atoms with E-state index in [-0.39, 0.29) is 16.6 Å². The third-order valence-corrected chi connectivity index (χ3v) is 8.99. The van der Waals surface area contributed by atoms with E-state index in [4.69, 9.17) is 4.74 Å². The van der Waals surface area contributed by atoms with Crippen LogP contribution < -0.4 is 15.4 Å². The molecule has 0 bridgehead atoms. The van der Waals surface area contributed by atoms with E-state index >= 15 is 0 Å². The fourth-order valence-corrected chi connectivity index (χ4v) is 6.22. The predicted octanol–water partition coefficient (Wildman–Crippen LogP) is 4.75. The zero-order chi connectivity index (χ0) is 25.4. The van der Waals surface area contributed by atoms with Gasteiger partial charge in [0.2, 0.25) is 21.1 Å². The number of hydrogen-bond donors (Lipinski definition) is 2. The monoisotopic (exact) mass is 535 g/mol. The maximum Gasteiger partial charge on any atom is 0.243 e. The smallest absolute Gasteiger partial charge is 0.243 e. The summed E-state index contributed by atoms with van der Waals surface area (Å²) in [4.78, 5) is 12.7. The number of nitrogens with zero attached hydrogens (tertiary/aromatic N) is 3. The highest BCUT2D eigenvalue weighted by molar-refractivity contribution is 8.01. The lowest BCUT2D eigenvalue weighted by molar-refractivity contribution is -0.113. The molecule has 1 heterocycles. The molecule has 3 rings (SSSR count). The van der Waals surface area contributed by atoms with Crippen LogP contribution in [0.15, 0.2) is 51.7 Å². The van der Waals surface area contributed by atoms with E-state index in [1.165, 1.54) is 33.5 Å². The van der Waals surface area contributed by atoms with Gasteiger partial charge >= 0.3 is 0 Å². The van der Waals surface area contributed by atoms with Crippen molar-refractivity contribution in [1.29, 1.82) is 0 Å². The Labute approximate surface area is 214 Å². The Hall–Kier alpha value is -2.67. The number of benzene rings is 2. The Bertz CT molecular complexity index is 1240. The predicted molar refractivity (Wildman–Crippen MR) is 141 cm³/mol. The Morgan fingerprint density at radius 2 is 1.80 bits per heavy atom. The molecule has 0 aliphatic rings. The molecule has 0 atom stereocenters. The number of ether oxygens (including phenoxy) is 1.